The molecular formula is C12H15N3O5S. The number of carboxylic acid groups (broad SMARTS) is 1. The summed E-state index contributed by atoms with van der Waals surface area (Å²) < 4.78 is 24.1. The normalized spacial score (nSPS) is 16.7. The zero-order valence-electron chi connectivity index (χ0n) is 11.4. The van der Waals surface area contributed by atoms with Gasteiger partial charge in [-0.25, -0.2) is 18.2 Å². The highest BCUT2D eigenvalue weighted by Crippen LogP contribution is 2.10. The van der Waals surface area contributed by atoms with Crippen LogP contribution in [0.2, 0.25) is 0 Å². The molecular weight excluding hydrogens is 298 g/mol. The molecule has 0 unspecified atom stereocenters. The molecule has 1 amide bonds. The number of carbonyl (C=O) groups is 2. The molecule has 1 N–H and O–H groups in total. The molecule has 1 aromatic heterocycles. The molecule has 0 atom stereocenters. The second-order valence-electron chi connectivity index (χ2n) is 4.67. The Bertz CT molecular complexity index is 665. The van der Waals surface area contributed by atoms with Crippen LogP contribution >= 0.6 is 0 Å². The lowest BCUT2D eigenvalue weighted by molar-refractivity contribution is 0.0684. The van der Waals surface area contributed by atoms with Crippen LogP contribution in [0, 0.1) is 0 Å². The molecule has 0 radical (unpaired) electrons. The van der Waals surface area contributed by atoms with Gasteiger partial charge >= 0.3 is 5.97 Å². The van der Waals surface area contributed by atoms with Crippen LogP contribution in [-0.2, 0) is 10.0 Å². The molecule has 1 aliphatic rings. The minimum atomic E-state index is -3.26. The number of hydrogen-bond acceptors (Lipinski definition) is 5. The van der Waals surface area contributed by atoms with Gasteiger partial charge in [0, 0.05) is 26.2 Å². The zero-order chi connectivity index (χ0) is 15.6. The predicted octanol–water partition coefficient (Wildman–Crippen LogP) is -0.503. The van der Waals surface area contributed by atoms with E-state index in [1.807, 2.05) is 0 Å². The molecule has 1 aromatic rings. The number of aromatic carboxylic acids is 1. The fraction of sp³-hybridized carbons (Fsp3) is 0.417. The Labute approximate surface area is 122 Å². The smallest absolute Gasteiger partial charge is 0.354 e. The molecule has 0 bridgehead atoms. The number of aromatic nitrogens is 1. The van der Waals surface area contributed by atoms with E-state index in [4.69, 9.17) is 5.11 Å². The van der Waals surface area contributed by atoms with Crippen LogP contribution < -0.4 is 0 Å². The van der Waals surface area contributed by atoms with Crippen molar-refractivity contribution in [2.24, 2.45) is 0 Å². The van der Waals surface area contributed by atoms with Crippen molar-refractivity contribution in [1.82, 2.24) is 14.2 Å². The van der Waals surface area contributed by atoms with E-state index in [1.54, 1.807) is 0 Å². The quantitative estimate of drug-likeness (QED) is 0.806. The highest BCUT2D eigenvalue weighted by Gasteiger charge is 2.27. The van der Waals surface area contributed by atoms with Gasteiger partial charge in [0.25, 0.3) is 5.91 Å². The molecule has 9 heteroatoms. The largest absolute Gasteiger partial charge is 0.477 e. The number of nitrogens with zero attached hydrogens (tertiary/aromatic N) is 3. The molecule has 0 aliphatic carbocycles. The third-order valence-corrected chi connectivity index (χ3v) is 4.49. The lowest BCUT2D eigenvalue weighted by Gasteiger charge is -2.33. The molecule has 1 fully saturated rings. The maximum absolute atomic E-state index is 12.2. The van der Waals surface area contributed by atoms with E-state index in [1.165, 1.54) is 27.4 Å². The maximum Gasteiger partial charge on any atom is 0.354 e. The third-order valence-electron chi connectivity index (χ3n) is 3.18. The zero-order valence-corrected chi connectivity index (χ0v) is 12.2. The minimum Gasteiger partial charge on any atom is -0.477 e. The number of carbonyl (C=O) groups excluding carboxylic acids is 1. The van der Waals surface area contributed by atoms with Crippen molar-refractivity contribution in [2.75, 3.05) is 32.4 Å². The molecule has 114 valence electrons. The van der Waals surface area contributed by atoms with Gasteiger partial charge in [-0.1, -0.05) is 6.07 Å². The van der Waals surface area contributed by atoms with Gasteiger partial charge in [0.05, 0.1) is 6.26 Å². The molecule has 0 saturated carbocycles. The van der Waals surface area contributed by atoms with Crippen LogP contribution in [0.3, 0.4) is 0 Å². The van der Waals surface area contributed by atoms with E-state index < -0.39 is 21.9 Å². The summed E-state index contributed by atoms with van der Waals surface area (Å²) in [5, 5.41) is 8.86. The number of carboxylic acids is 1. The van der Waals surface area contributed by atoms with Gasteiger partial charge in [-0.05, 0) is 12.1 Å². The topological polar surface area (TPSA) is 108 Å². The number of piperazine rings is 1. The van der Waals surface area contributed by atoms with Crippen LogP contribution in [0.5, 0.6) is 0 Å². The van der Waals surface area contributed by atoms with Crippen molar-refractivity contribution < 1.29 is 23.1 Å². The standard InChI is InChI=1S/C12H15N3O5S/c1-21(19,20)15-7-5-14(6-8-15)11(16)9-3-2-4-10(13-9)12(17)18/h2-4H,5-8H2,1H3,(H,17,18). The van der Waals surface area contributed by atoms with Crippen LogP contribution in [0.4, 0.5) is 0 Å². The molecule has 1 saturated heterocycles. The van der Waals surface area contributed by atoms with E-state index in [0.717, 1.165) is 6.26 Å². The van der Waals surface area contributed by atoms with Gasteiger partial charge in [-0.3, -0.25) is 4.79 Å². The van der Waals surface area contributed by atoms with Crippen LogP contribution in [0.1, 0.15) is 21.0 Å². The van der Waals surface area contributed by atoms with E-state index in [0.29, 0.717) is 0 Å². The number of sulfonamides is 1. The van der Waals surface area contributed by atoms with E-state index >= 15 is 0 Å². The second-order valence-corrected chi connectivity index (χ2v) is 6.65. The SMILES string of the molecule is CS(=O)(=O)N1CCN(C(=O)c2cccc(C(=O)O)n2)CC1. The summed E-state index contributed by atoms with van der Waals surface area (Å²) in [6, 6.07) is 4.20. The Morgan fingerprint density at radius 2 is 1.71 bits per heavy atom. The molecule has 2 heterocycles. The summed E-state index contributed by atoms with van der Waals surface area (Å²) in [7, 11) is -3.26. The van der Waals surface area contributed by atoms with Crippen molar-refractivity contribution in [1.29, 1.82) is 0 Å². The summed E-state index contributed by atoms with van der Waals surface area (Å²) in [4.78, 5) is 28.3. The Kier molecular flexibility index (Phi) is 4.24. The van der Waals surface area contributed by atoms with E-state index in [2.05, 4.69) is 4.98 Å². The lowest BCUT2D eigenvalue weighted by atomic mass is 10.2. The number of hydrogen-bond donors (Lipinski definition) is 1. The average molecular weight is 313 g/mol. The summed E-state index contributed by atoms with van der Waals surface area (Å²) >= 11 is 0. The third kappa shape index (κ3) is 3.56. The first-order chi connectivity index (χ1) is 9.79. The van der Waals surface area contributed by atoms with Crippen molar-refractivity contribution in [3.63, 3.8) is 0 Å². The highest BCUT2D eigenvalue weighted by atomic mass is 32.2. The highest BCUT2D eigenvalue weighted by molar-refractivity contribution is 7.88. The number of rotatable bonds is 3. The first-order valence-electron chi connectivity index (χ1n) is 6.24. The lowest BCUT2D eigenvalue weighted by Crippen LogP contribution is -2.50. The summed E-state index contributed by atoms with van der Waals surface area (Å²) in [6.07, 6.45) is 1.13. The molecule has 8 nitrogen and oxygen atoms in total. The van der Waals surface area contributed by atoms with E-state index in [9.17, 15) is 18.0 Å². The van der Waals surface area contributed by atoms with Crippen molar-refractivity contribution in [3.8, 4) is 0 Å². The number of pyridine rings is 1. The Balaban J connectivity index is 2.09. The van der Waals surface area contributed by atoms with Crippen molar-refractivity contribution in [3.05, 3.63) is 29.6 Å². The van der Waals surface area contributed by atoms with E-state index in [-0.39, 0.29) is 37.6 Å². The van der Waals surface area contributed by atoms with Gasteiger partial charge in [0.15, 0.2) is 0 Å². The van der Waals surface area contributed by atoms with Crippen LogP contribution in [-0.4, -0.2) is 72.0 Å². The maximum atomic E-state index is 12.2. The van der Waals surface area contributed by atoms with Crippen LogP contribution in [0.15, 0.2) is 18.2 Å². The summed E-state index contributed by atoms with van der Waals surface area (Å²) in [6.45, 7) is 0.960. The first-order valence-corrected chi connectivity index (χ1v) is 8.08. The summed E-state index contributed by atoms with van der Waals surface area (Å²) in [5.74, 6) is -1.60. The molecule has 2 rings (SSSR count). The first kappa shape index (κ1) is 15.4. The van der Waals surface area contributed by atoms with Gasteiger partial charge in [-0.15, -0.1) is 0 Å². The van der Waals surface area contributed by atoms with Gasteiger partial charge in [0.2, 0.25) is 10.0 Å². The molecule has 21 heavy (non-hydrogen) atoms. The second kappa shape index (κ2) is 5.78. The van der Waals surface area contributed by atoms with Gasteiger partial charge < -0.3 is 10.0 Å². The predicted molar refractivity (Wildman–Crippen MR) is 73.5 cm³/mol. The molecule has 0 spiro atoms. The fourth-order valence-corrected chi connectivity index (χ4v) is 2.88. The van der Waals surface area contributed by atoms with Gasteiger partial charge in [0.1, 0.15) is 11.4 Å². The Morgan fingerprint density at radius 1 is 1.14 bits per heavy atom. The summed E-state index contributed by atoms with van der Waals surface area (Å²) in [5.41, 5.74) is -0.154. The average Bonchev–Trinajstić information content (AvgIpc) is 2.46. The monoisotopic (exact) mass is 313 g/mol. The fourth-order valence-electron chi connectivity index (χ4n) is 2.06. The van der Waals surface area contributed by atoms with Crippen LogP contribution in [0.25, 0.3) is 0 Å². The van der Waals surface area contributed by atoms with Crippen molar-refractivity contribution in [2.45, 2.75) is 0 Å². The van der Waals surface area contributed by atoms with Crippen molar-refractivity contribution >= 4 is 21.9 Å². The molecule has 0 aromatic carbocycles. The van der Waals surface area contributed by atoms with Gasteiger partial charge in [-0.2, -0.15) is 4.31 Å². The minimum absolute atomic E-state index is 0.0442. The Morgan fingerprint density at radius 3 is 2.24 bits per heavy atom. The Hall–Kier alpha value is -2.00. The number of amides is 1. The molecule has 1 aliphatic heterocycles.